The van der Waals surface area contributed by atoms with Crippen LogP contribution < -0.4 is 15.4 Å². The topological polar surface area (TPSA) is 84.0 Å². The van der Waals surface area contributed by atoms with Crippen molar-refractivity contribution in [3.63, 3.8) is 0 Å². The Kier molecular flexibility index (Phi) is 7.25. The normalized spacial score (nSPS) is 14.6. The average molecular weight is 558 g/mol. The first-order chi connectivity index (χ1) is 19.3. The van der Waals surface area contributed by atoms with Crippen molar-refractivity contribution in [2.24, 2.45) is 0 Å². The summed E-state index contributed by atoms with van der Waals surface area (Å²) in [6.07, 6.45) is 6.12. The van der Waals surface area contributed by atoms with Crippen LogP contribution in [-0.4, -0.2) is 46.7 Å². The molecule has 40 heavy (non-hydrogen) atoms. The Bertz CT molecular complexity index is 1620. The molecule has 1 saturated heterocycles. The van der Waals surface area contributed by atoms with Gasteiger partial charge in [-0.3, -0.25) is 10.2 Å². The Morgan fingerprint density at radius 1 is 1.00 bits per heavy atom. The van der Waals surface area contributed by atoms with E-state index in [1.54, 1.807) is 17.4 Å². The van der Waals surface area contributed by atoms with Gasteiger partial charge in [0.25, 0.3) is 0 Å². The molecule has 9 heteroatoms. The first-order valence-electron chi connectivity index (χ1n) is 13.9. The molecular formula is C31H35N5O3S. The summed E-state index contributed by atoms with van der Waals surface area (Å²) in [4.78, 5) is 16.1. The number of nitrogens with one attached hydrogen (secondary N) is 2. The third kappa shape index (κ3) is 5.85. The number of carbonyl (C=O) groups excluding carboxylic acids is 1. The van der Waals surface area contributed by atoms with Gasteiger partial charge >= 0.3 is 6.03 Å². The number of likely N-dealkylation sites (tertiary alicyclic amines) is 1. The molecule has 208 valence electrons. The van der Waals surface area contributed by atoms with Crippen molar-refractivity contribution >= 4 is 43.9 Å². The second-order valence-electron chi connectivity index (χ2n) is 11.4. The third-order valence-electron chi connectivity index (χ3n) is 7.28. The molecule has 4 heterocycles. The van der Waals surface area contributed by atoms with Gasteiger partial charge in [-0.15, -0.1) is 11.3 Å². The summed E-state index contributed by atoms with van der Waals surface area (Å²) in [6, 6.07) is 17.8. The van der Waals surface area contributed by atoms with Gasteiger partial charge in [0.1, 0.15) is 22.9 Å². The van der Waals surface area contributed by atoms with Crippen LogP contribution in [0.15, 0.2) is 65.3 Å². The maximum atomic E-state index is 12.4. The van der Waals surface area contributed by atoms with Crippen LogP contribution in [0.5, 0.6) is 5.75 Å². The molecule has 0 aliphatic carbocycles. The van der Waals surface area contributed by atoms with E-state index < -0.39 is 0 Å². The van der Waals surface area contributed by atoms with E-state index in [0.717, 1.165) is 30.0 Å². The van der Waals surface area contributed by atoms with Crippen LogP contribution in [-0.2, 0) is 5.41 Å². The highest BCUT2D eigenvalue weighted by Gasteiger charge is 2.20. The monoisotopic (exact) mass is 557 g/mol. The smallest absolute Gasteiger partial charge is 0.324 e. The van der Waals surface area contributed by atoms with E-state index >= 15 is 0 Å². The van der Waals surface area contributed by atoms with E-state index in [-0.39, 0.29) is 11.4 Å². The Hall–Kier alpha value is -3.82. The molecule has 0 unspecified atom stereocenters. The number of ether oxygens (including phenoxy) is 1. The third-order valence-corrected chi connectivity index (χ3v) is 8.35. The van der Waals surface area contributed by atoms with Gasteiger partial charge in [-0.1, -0.05) is 44.5 Å². The molecule has 0 radical (unpaired) electrons. The van der Waals surface area contributed by atoms with Crippen LogP contribution in [0.1, 0.15) is 45.8 Å². The SMILES string of the molecule is CC(C)(C)c1cc(NC(=O)Nc2ccc(-c3cc4sc5cc(OCCN6CCCCC6)ccc5n4c3)cc2)no1. The molecule has 1 aliphatic heterocycles. The molecule has 2 N–H and O–H groups in total. The van der Waals surface area contributed by atoms with E-state index in [2.05, 4.69) is 55.6 Å². The molecule has 1 fully saturated rings. The van der Waals surface area contributed by atoms with E-state index in [1.165, 1.54) is 47.4 Å². The van der Waals surface area contributed by atoms with Gasteiger partial charge in [-0.25, -0.2) is 4.79 Å². The van der Waals surface area contributed by atoms with Gasteiger partial charge in [0, 0.05) is 35.5 Å². The second-order valence-corrected chi connectivity index (χ2v) is 12.5. The molecule has 0 spiro atoms. The number of nitrogens with zero attached hydrogens (tertiary/aromatic N) is 3. The lowest BCUT2D eigenvalue weighted by molar-refractivity contribution is 0.183. The highest BCUT2D eigenvalue weighted by atomic mass is 32.1. The van der Waals surface area contributed by atoms with Crippen LogP contribution in [0.3, 0.4) is 0 Å². The van der Waals surface area contributed by atoms with Gasteiger partial charge in [0.15, 0.2) is 5.82 Å². The lowest BCUT2D eigenvalue weighted by Gasteiger charge is -2.26. The molecule has 8 nitrogen and oxygen atoms in total. The van der Waals surface area contributed by atoms with Crippen LogP contribution in [0.4, 0.5) is 16.3 Å². The maximum absolute atomic E-state index is 12.4. The maximum Gasteiger partial charge on any atom is 0.324 e. The molecule has 0 atom stereocenters. The number of benzene rings is 2. The van der Waals surface area contributed by atoms with E-state index in [4.69, 9.17) is 9.26 Å². The summed E-state index contributed by atoms with van der Waals surface area (Å²) in [6.45, 7) is 10.2. The summed E-state index contributed by atoms with van der Waals surface area (Å²) < 4.78 is 14.9. The van der Waals surface area contributed by atoms with Crippen LogP contribution in [0.25, 0.3) is 26.2 Å². The summed E-state index contributed by atoms with van der Waals surface area (Å²) in [5.41, 5.74) is 3.90. The van der Waals surface area contributed by atoms with Gasteiger partial charge in [-0.05, 0) is 67.9 Å². The van der Waals surface area contributed by atoms with Crippen molar-refractivity contribution in [2.75, 3.05) is 36.9 Å². The minimum Gasteiger partial charge on any atom is -0.492 e. The quantitative estimate of drug-likeness (QED) is 0.215. The first-order valence-corrected chi connectivity index (χ1v) is 14.7. The number of hydrogen-bond donors (Lipinski definition) is 2. The Labute approximate surface area is 237 Å². The minimum atomic E-state index is -0.368. The molecule has 0 bridgehead atoms. The predicted octanol–water partition coefficient (Wildman–Crippen LogP) is 7.62. The van der Waals surface area contributed by atoms with E-state index in [1.807, 2.05) is 45.0 Å². The number of anilines is 2. The fraction of sp³-hybridized carbons (Fsp3) is 0.355. The largest absolute Gasteiger partial charge is 0.492 e. The van der Waals surface area contributed by atoms with Crippen molar-refractivity contribution < 1.29 is 14.1 Å². The molecular weight excluding hydrogens is 522 g/mol. The van der Waals surface area contributed by atoms with Crippen molar-refractivity contribution in [1.82, 2.24) is 14.5 Å². The number of piperidine rings is 1. The van der Waals surface area contributed by atoms with Crippen molar-refractivity contribution in [3.05, 3.63) is 66.6 Å². The zero-order chi connectivity index (χ0) is 27.7. The minimum absolute atomic E-state index is 0.178. The first kappa shape index (κ1) is 26.4. The number of carbonyl (C=O) groups is 1. The lowest BCUT2D eigenvalue weighted by Crippen LogP contribution is -2.33. The highest BCUT2D eigenvalue weighted by Crippen LogP contribution is 2.34. The fourth-order valence-electron chi connectivity index (χ4n) is 5.03. The number of hydrogen-bond acceptors (Lipinski definition) is 6. The number of aromatic nitrogens is 2. The standard InChI is InChI=1S/C31H35N5O3S/c1-31(2,3)27-19-28(34-39-27)33-30(37)32-23-9-7-21(8-10-23)22-17-29-36(20-22)25-12-11-24(18-26(25)40-29)38-16-15-35-13-5-4-6-14-35/h7-12,17-20H,4-6,13-16H2,1-3H3,(H2,32,33,34,37). The van der Waals surface area contributed by atoms with Gasteiger partial charge in [0.05, 0.1) is 10.2 Å². The Balaban J connectivity index is 1.08. The van der Waals surface area contributed by atoms with Crippen molar-refractivity contribution in [3.8, 4) is 16.9 Å². The van der Waals surface area contributed by atoms with Gasteiger partial charge < -0.3 is 19.0 Å². The summed E-state index contributed by atoms with van der Waals surface area (Å²) in [7, 11) is 0. The van der Waals surface area contributed by atoms with Crippen LogP contribution in [0, 0.1) is 0 Å². The molecule has 0 saturated carbocycles. The molecule has 6 rings (SSSR count). The number of rotatable bonds is 7. The number of thiazole rings is 1. The molecule has 2 aromatic carbocycles. The second kappa shape index (κ2) is 11.0. The van der Waals surface area contributed by atoms with Crippen LogP contribution in [0.2, 0.25) is 0 Å². The number of urea groups is 1. The Morgan fingerprint density at radius 3 is 2.55 bits per heavy atom. The molecule has 2 amide bonds. The van der Waals surface area contributed by atoms with Crippen molar-refractivity contribution in [2.45, 2.75) is 45.4 Å². The lowest BCUT2D eigenvalue weighted by atomic mass is 9.93. The zero-order valence-corrected chi connectivity index (χ0v) is 24.0. The summed E-state index contributed by atoms with van der Waals surface area (Å²) in [5, 5.41) is 9.51. The Morgan fingerprint density at radius 2 is 1.80 bits per heavy atom. The van der Waals surface area contributed by atoms with Gasteiger partial charge in [0.2, 0.25) is 0 Å². The molecule has 1 aliphatic rings. The summed E-state index contributed by atoms with van der Waals surface area (Å²) >= 11 is 1.76. The van der Waals surface area contributed by atoms with E-state index in [9.17, 15) is 4.79 Å². The predicted molar refractivity (Wildman–Crippen MR) is 162 cm³/mol. The average Bonchev–Trinajstić information content (AvgIpc) is 3.64. The fourth-order valence-corrected chi connectivity index (χ4v) is 6.14. The van der Waals surface area contributed by atoms with E-state index in [0.29, 0.717) is 17.3 Å². The number of fused-ring (bicyclic) bond motifs is 3. The molecule has 3 aromatic heterocycles. The van der Waals surface area contributed by atoms with Crippen molar-refractivity contribution in [1.29, 1.82) is 0 Å². The zero-order valence-electron chi connectivity index (χ0n) is 23.2. The van der Waals surface area contributed by atoms with Gasteiger partial charge in [-0.2, -0.15) is 0 Å². The summed E-state index contributed by atoms with van der Waals surface area (Å²) in [5.74, 6) is 2.03. The van der Waals surface area contributed by atoms with Crippen LogP contribution >= 0.6 is 11.3 Å². The molecule has 5 aromatic rings. The number of amides is 2. The highest BCUT2D eigenvalue weighted by molar-refractivity contribution is 7.24.